The molecule has 5 nitrogen and oxygen atoms in total. The molecular weight excluding hydrogens is 233 g/mol. The van der Waals surface area contributed by atoms with Crippen molar-refractivity contribution in [2.24, 2.45) is 7.05 Å². The molecule has 0 amide bonds. The second kappa shape index (κ2) is 5.77. The molecular formula is C12H18FN5. The molecule has 2 heterocycles. The van der Waals surface area contributed by atoms with Crippen LogP contribution in [0.4, 0.5) is 4.39 Å². The van der Waals surface area contributed by atoms with Gasteiger partial charge >= 0.3 is 0 Å². The van der Waals surface area contributed by atoms with E-state index in [9.17, 15) is 4.39 Å². The summed E-state index contributed by atoms with van der Waals surface area (Å²) in [5.41, 5.74) is 3.29. The number of hydrogen-bond donors (Lipinski definition) is 1. The lowest BCUT2D eigenvalue weighted by Gasteiger charge is -2.01. The fourth-order valence-corrected chi connectivity index (χ4v) is 1.87. The van der Waals surface area contributed by atoms with Crippen LogP contribution in [0.15, 0.2) is 18.6 Å². The average Bonchev–Trinajstić information content (AvgIpc) is 2.87. The zero-order valence-corrected chi connectivity index (χ0v) is 10.7. The van der Waals surface area contributed by atoms with Gasteiger partial charge < -0.3 is 5.32 Å². The molecule has 0 fully saturated rings. The molecule has 0 radical (unpaired) electrons. The van der Waals surface area contributed by atoms with Crippen molar-refractivity contribution in [3.8, 4) is 0 Å². The molecule has 6 heteroatoms. The normalized spacial score (nSPS) is 11.1. The molecule has 0 unspecified atom stereocenters. The van der Waals surface area contributed by atoms with Crippen LogP contribution in [0.3, 0.4) is 0 Å². The highest BCUT2D eigenvalue weighted by Crippen LogP contribution is 2.04. The largest absolute Gasteiger partial charge is 0.308 e. The third-order valence-electron chi connectivity index (χ3n) is 2.76. The van der Waals surface area contributed by atoms with Gasteiger partial charge in [-0.3, -0.25) is 9.36 Å². The number of halogens is 1. The summed E-state index contributed by atoms with van der Waals surface area (Å²) in [6.45, 7) is 3.43. The van der Waals surface area contributed by atoms with E-state index in [-0.39, 0.29) is 6.67 Å². The zero-order chi connectivity index (χ0) is 13.0. The molecule has 0 aromatic carbocycles. The summed E-state index contributed by atoms with van der Waals surface area (Å²) in [5, 5.41) is 11.7. The molecule has 18 heavy (non-hydrogen) atoms. The molecule has 2 aromatic heterocycles. The molecule has 0 spiro atoms. The van der Waals surface area contributed by atoms with Crippen LogP contribution in [-0.2, 0) is 26.7 Å². The molecule has 0 bridgehead atoms. The average molecular weight is 251 g/mol. The SMILES string of the molecule is Cc1nn(C)cc1CNCc1cnn(CCF)c1. The molecule has 0 saturated heterocycles. The molecule has 2 aromatic rings. The van der Waals surface area contributed by atoms with E-state index >= 15 is 0 Å². The second-order valence-corrected chi connectivity index (χ2v) is 4.32. The van der Waals surface area contributed by atoms with Crippen molar-refractivity contribution in [1.29, 1.82) is 0 Å². The zero-order valence-electron chi connectivity index (χ0n) is 10.7. The van der Waals surface area contributed by atoms with Crippen LogP contribution in [0, 0.1) is 6.92 Å². The maximum atomic E-state index is 12.1. The highest BCUT2D eigenvalue weighted by Gasteiger charge is 2.03. The van der Waals surface area contributed by atoms with E-state index in [0.29, 0.717) is 6.54 Å². The predicted octanol–water partition coefficient (Wildman–Crippen LogP) is 1.18. The summed E-state index contributed by atoms with van der Waals surface area (Å²) >= 11 is 0. The summed E-state index contributed by atoms with van der Waals surface area (Å²) in [5.74, 6) is 0. The Hall–Kier alpha value is -1.69. The van der Waals surface area contributed by atoms with E-state index in [1.165, 1.54) is 5.56 Å². The minimum absolute atomic E-state index is 0.321. The van der Waals surface area contributed by atoms with Crippen LogP contribution in [0.1, 0.15) is 16.8 Å². The fourth-order valence-electron chi connectivity index (χ4n) is 1.87. The van der Waals surface area contributed by atoms with E-state index < -0.39 is 0 Å². The first kappa shape index (κ1) is 12.8. The first-order chi connectivity index (χ1) is 8.69. The van der Waals surface area contributed by atoms with Gasteiger partial charge in [-0.25, -0.2) is 4.39 Å². The highest BCUT2D eigenvalue weighted by molar-refractivity contribution is 5.15. The summed E-state index contributed by atoms with van der Waals surface area (Å²) in [6.07, 6.45) is 5.64. The summed E-state index contributed by atoms with van der Waals surface area (Å²) in [7, 11) is 1.91. The van der Waals surface area contributed by atoms with Crippen molar-refractivity contribution in [2.75, 3.05) is 6.67 Å². The number of aromatic nitrogens is 4. The monoisotopic (exact) mass is 251 g/mol. The number of hydrogen-bond acceptors (Lipinski definition) is 3. The highest BCUT2D eigenvalue weighted by atomic mass is 19.1. The Kier molecular flexibility index (Phi) is 4.09. The second-order valence-electron chi connectivity index (χ2n) is 4.32. The number of rotatable bonds is 6. The van der Waals surface area contributed by atoms with Crippen LogP contribution in [0.25, 0.3) is 0 Å². The predicted molar refractivity (Wildman–Crippen MR) is 66.7 cm³/mol. The van der Waals surface area contributed by atoms with Gasteiger partial charge in [-0.15, -0.1) is 0 Å². The maximum Gasteiger partial charge on any atom is 0.109 e. The van der Waals surface area contributed by atoms with E-state index in [0.717, 1.165) is 24.3 Å². The first-order valence-corrected chi connectivity index (χ1v) is 5.96. The lowest BCUT2D eigenvalue weighted by atomic mass is 10.2. The topological polar surface area (TPSA) is 47.7 Å². The van der Waals surface area contributed by atoms with Crippen molar-refractivity contribution in [2.45, 2.75) is 26.6 Å². The van der Waals surface area contributed by atoms with Gasteiger partial charge in [0.2, 0.25) is 0 Å². The van der Waals surface area contributed by atoms with Crippen LogP contribution in [-0.4, -0.2) is 26.2 Å². The van der Waals surface area contributed by atoms with Crippen LogP contribution in [0.2, 0.25) is 0 Å². The van der Waals surface area contributed by atoms with Gasteiger partial charge in [-0.05, 0) is 6.92 Å². The number of aryl methyl sites for hydroxylation is 3. The Labute approximate surface area is 106 Å². The van der Waals surface area contributed by atoms with Crippen molar-refractivity contribution < 1.29 is 4.39 Å². The third kappa shape index (κ3) is 3.16. The van der Waals surface area contributed by atoms with Gasteiger partial charge in [0, 0.05) is 43.7 Å². The third-order valence-corrected chi connectivity index (χ3v) is 2.76. The van der Waals surface area contributed by atoms with Crippen molar-refractivity contribution >= 4 is 0 Å². The first-order valence-electron chi connectivity index (χ1n) is 5.96. The molecule has 0 aliphatic carbocycles. The Bertz CT molecular complexity index is 502. The van der Waals surface area contributed by atoms with Gasteiger partial charge in [-0.1, -0.05) is 0 Å². The summed E-state index contributed by atoms with van der Waals surface area (Å²) in [6, 6.07) is 0. The summed E-state index contributed by atoms with van der Waals surface area (Å²) < 4.78 is 15.6. The van der Waals surface area contributed by atoms with Crippen LogP contribution < -0.4 is 5.32 Å². The molecule has 1 N–H and O–H groups in total. The molecule has 0 saturated carbocycles. The van der Waals surface area contributed by atoms with Gasteiger partial charge in [0.25, 0.3) is 0 Å². The lowest BCUT2D eigenvalue weighted by molar-refractivity contribution is 0.427. The van der Waals surface area contributed by atoms with Crippen LogP contribution >= 0.6 is 0 Å². The Morgan fingerprint density at radius 2 is 2.17 bits per heavy atom. The molecule has 98 valence electrons. The smallest absolute Gasteiger partial charge is 0.109 e. The Morgan fingerprint density at radius 3 is 2.83 bits per heavy atom. The summed E-state index contributed by atoms with van der Waals surface area (Å²) in [4.78, 5) is 0. The van der Waals surface area contributed by atoms with E-state index in [2.05, 4.69) is 15.5 Å². The number of alkyl halides is 1. The minimum Gasteiger partial charge on any atom is -0.308 e. The van der Waals surface area contributed by atoms with Gasteiger partial charge in [0.15, 0.2) is 0 Å². The van der Waals surface area contributed by atoms with Crippen LogP contribution in [0.5, 0.6) is 0 Å². The molecule has 0 aliphatic rings. The minimum atomic E-state index is -0.385. The maximum absolute atomic E-state index is 12.1. The van der Waals surface area contributed by atoms with Crippen molar-refractivity contribution in [3.63, 3.8) is 0 Å². The number of nitrogens with one attached hydrogen (secondary N) is 1. The standard InChI is InChI=1S/C12H18FN5/c1-10-12(9-17(2)16-10)7-14-5-11-6-15-18(8-11)4-3-13/h6,8-9,14H,3-5,7H2,1-2H3. The van der Waals surface area contributed by atoms with Gasteiger partial charge in [-0.2, -0.15) is 10.2 Å². The Morgan fingerprint density at radius 1 is 1.33 bits per heavy atom. The van der Waals surface area contributed by atoms with E-state index in [1.807, 2.05) is 31.0 Å². The van der Waals surface area contributed by atoms with Crippen molar-refractivity contribution in [3.05, 3.63) is 35.4 Å². The fraction of sp³-hybridized carbons (Fsp3) is 0.500. The van der Waals surface area contributed by atoms with Gasteiger partial charge in [0.05, 0.1) is 18.4 Å². The molecule has 0 aliphatic heterocycles. The molecule has 2 rings (SSSR count). The Balaban J connectivity index is 1.82. The molecule has 0 atom stereocenters. The number of nitrogens with zero attached hydrogens (tertiary/aromatic N) is 4. The van der Waals surface area contributed by atoms with Gasteiger partial charge in [0.1, 0.15) is 6.67 Å². The van der Waals surface area contributed by atoms with E-state index in [1.54, 1.807) is 10.9 Å². The quantitative estimate of drug-likeness (QED) is 0.838. The lowest BCUT2D eigenvalue weighted by Crippen LogP contribution is -2.12. The van der Waals surface area contributed by atoms with Crippen molar-refractivity contribution in [1.82, 2.24) is 24.9 Å². The van der Waals surface area contributed by atoms with E-state index in [4.69, 9.17) is 0 Å².